The number of aromatic nitrogens is 2. The Bertz CT molecular complexity index is 1290. The van der Waals surface area contributed by atoms with Crippen LogP contribution in [-0.2, 0) is 0 Å². The minimum atomic E-state index is -0.190. The van der Waals surface area contributed by atoms with Crippen LogP contribution in [0.3, 0.4) is 0 Å². The van der Waals surface area contributed by atoms with Gasteiger partial charge in [-0.05, 0) is 79.4 Å². The third-order valence-corrected chi connectivity index (χ3v) is 4.99. The van der Waals surface area contributed by atoms with Crippen LogP contribution in [0.1, 0.15) is 16.7 Å². The maximum atomic E-state index is 12.5. The van der Waals surface area contributed by atoms with Crippen molar-refractivity contribution >= 4 is 11.7 Å². The summed E-state index contributed by atoms with van der Waals surface area (Å²) in [6.45, 7) is 5.98. The number of oxazole rings is 1. The van der Waals surface area contributed by atoms with Crippen molar-refractivity contribution in [3.8, 4) is 28.2 Å². The molecule has 0 fully saturated rings. The minimum Gasteiger partial charge on any atom is -0.491 e. The second kappa shape index (κ2) is 9.11. The van der Waals surface area contributed by atoms with Gasteiger partial charge in [0.15, 0.2) is 5.76 Å². The van der Waals surface area contributed by atoms with Crippen LogP contribution < -0.4 is 15.6 Å². The van der Waals surface area contributed by atoms with Gasteiger partial charge >= 0.3 is 0 Å². The molecule has 0 spiro atoms. The van der Waals surface area contributed by atoms with Crippen LogP contribution in [0, 0.1) is 20.8 Å². The van der Waals surface area contributed by atoms with E-state index in [-0.39, 0.29) is 18.8 Å². The highest BCUT2D eigenvalue weighted by atomic mass is 16.5. The molecule has 7 heteroatoms. The molecule has 0 saturated carbocycles. The highest BCUT2D eigenvalue weighted by Crippen LogP contribution is 2.33. The summed E-state index contributed by atoms with van der Waals surface area (Å²) in [6.07, 6.45) is 3.25. The molecule has 4 aromatic rings. The molecule has 0 amide bonds. The van der Waals surface area contributed by atoms with E-state index in [1.807, 2.05) is 45.0 Å². The predicted octanol–water partition coefficient (Wildman–Crippen LogP) is 4.74. The van der Waals surface area contributed by atoms with E-state index in [1.54, 1.807) is 24.5 Å². The van der Waals surface area contributed by atoms with E-state index in [9.17, 15) is 4.79 Å². The zero-order valence-corrected chi connectivity index (χ0v) is 18.2. The van der Waals surface area contributed by atoms with Crippen molar-refractivity contribution in [2.45, 2.75) is 20.8 Å². The van der Waals surface area contributed by atoms with Crippen molar-refractivity contribution in [2.75, 3.05) is 18.5 Å². The van der Waals surface area contributed by atoms with Gasteiger partial charge in [-0.15, -0.1) is 0 Å². The van der Waals surface area contributed by atoms with Crippen LogP contribution in [0.15, 0.2) is 64.1 Å². The Morgan fingerprint density at radius 1 is 1.06 bits per heavy atom. The molecule has 0 bridgehead atoms. The van der Waals surface area contributed by atoms with Crippen LogP contribution >= 0.6 is 0 Å². The molecule has 0 aliphatic rings. The molecule has 0 aliphatic carbocycles. The number of hydrogen-bond donors (Lipinski definition) is 3. The van der Waals surface area contributed by atoms with Crippen molar-refractivity contribution in [1.29, 1.82) is 0 Å². The van der Waals surface area contributed by atoms with Gasteiger partial charge in [-0.2, -0.15) is 0 Å². The fraction of sp³-hybridized carbons (Fsp3) is 0.200. The van der Waals surface area contributed by atoms with Gasteiger partial charge in [0.25, 0.3) is 11.6 Å². The number of aliphatic hydroxyl groups excluding tert-OH is 1. The number of ether oxygens (including phenoxy) is 1. The Labute approximate surface area is 185 Å². The van der Waals surface area contributed by atoms with E-state index in [1.165, 1.54) is 0 Å². The highest BCUT2D eigenvalue weighted by Gasteiger charge is 2.14. The van der Waals surface area contributed by atoms with E-state index in [0.29, 0.717) is 34.2 Å². The number of benzene rings is 2. The molecule has 0 saturated heterocycles. The maximum Gasteiger partial charge on any atom is 0.299 e. The summed E-state index contributed by atoms with van der Waals surface area (Å²) in [7, 11) is 0. The number of rotatable bonds is 7. The van der Waals surface area contributed by atoms with E-state index in [4.69, 9.17) is 14.3 Å². The number of nitrogens with zero attached hydrogens (tertiary/aromatic N) is 1. The molecule has 2 aromatic heterocycles. The lowest BCUT2D eigenvalue weighted by Gasteiger charge is -2.11. The molecule has 0 radical (unpaired) electrons. The maximum absolute atomic E-state index is 12.5. The van der Waals surface area contributed by atoms with Crippen molar-refractivity contribution in [3.63, 3.8) is 0 Å². The molecule has 164 valence electrons. The molecule has 0 unspecified atom stereocenters. The van der Waals surface area contributed by atoms with Gasteiger partial charge in [0.05, 0.1) is 18.4 Å². The van der Waals surface area contributed by atoms with Crippen molar-refractivity contribution in [2.24, 2.45) is 0 Å². The Hall–Kier alpha value is -3.84. The number of hydrogen-bond acceptors (Lipinski definition) is 6. The first kappa shape index (κ1) is 21.4. The molecule has 2 heterocycles. The lowest BCUT2D eigenvalue weighted by molar-refractivity contribution is 0.201. The standard InChI is InChI=1S/C25H25N3O4/c1-15-8-16(2)10-20(9-15)28-25-27-14-22(32-25)18-11-19(13-21(12-18)31-7-6-29)23-17(3)4-5-26-24(23)30/h4-5,8-14,29H,6-7H2,1-3H3,(H,26,30)(H,27,28). The summed E-state index contributed by atoms with van der Waals surface area (Å²) >= 11 is 0. The second-order valence-corrected chi connectivity index (χ2v) is 7.71. The average molecular weight is 431 g/mol. The number of aromatic amines is 1. The SMILES string of the molecule is Cc1cc(C)cc(Nc2ncc(-c3cc(OCCO)cc(-c4c(C)cc[nH]c4=O)c3)o2)c1. The summed E-state index contributed by atoms with van der Waals surface area (Å²) in [6, 6.07) is 13.8. The topological polar surface area (TPSA) is 100 Å². The monoisotopic (exact) mass is 431 g/mol. The molecule has 32 heavy (non-hydrogen) atoms. The predicted molar refractivity (Wildman–Crippen MR) is 125 cm³/mol. The number of anilines is 2. The molecular weight excluding hydrogens is 406 g/mol. The highest BCUT2D eigenvalue weighted by molar-refractivity contribution is 5.74. The number of pyridine rings is 1. The third kappa shape index (κ3) is 4.73. The summed E-state index contributed by atoms with van der Waals surface area (Å²) < 4.78 is 11.6. The molecule has 0 atom stereocenters. The zero-order chi connectivity index (χ0) is 22.7. The van der Waals surface area contributed by atoms with E-state index >= 15 is 0 Å². The van der Waals surface area contributed by atoms with Gasteiger partial charge < -0.3 is 24.6 Å². The Morgan fingerprint density at radius 2 is 1.81 bits per heavy atom. The van der Waals surface area contributed by atoms with Crippen molar-refractivity contribution in [3.05, 3.63) is 81.9 Å². The van der Waals surface area contributed by atoms with Gasteiger partial charge in [0.2, 0.25) is 0 Å². The number of aryl methyl sites for hydroxylation is 3. The fourth-order valence-corrected chi connectivity index (χ4v) is 3.70. The van der Waals surface area contributed by atoms with Gasteiger partial charge in [-0.3, -0.25) is 4.79 Å². The van der Waals surface area contributed by atoms with E-state index < -0.39 is 0 Å². The Balaban J connectivity index is 1.72. The van der Waals surface area contributed by atoms with Crippen LogP contribution in [0.5, 0.6) is 5.75 Å². The summed E-state index contributed by atoms with van der Waals surface area (Å²) in [5.74, 6) is 1.05. The Morgan fingerprint density at radius 3 is 2.53 bits per heavy atom. The summed E-state index contributed by atoms with van der Waals surface area (Å²) in [5.41, 5.74) is 5.77. The number of nitrogens with one attached hydrogen (secondary N) is 2. The molecule has 3 N–H and O–H groups in total. The minimum absolute atomic E-state index is 0.114. The molecule has 4 rings (SSSR count). The largest absolute Gasteiger partial charge is 0.491 e. The number of aliphatic hydroxyl groups is 1. The quantitative estimate of drug-likeness (QED) is 0.391. The van der Waals surface area contributed by atoms with E-state index in [0.717, 1.165) is 22.4 Å². The third-order valence-electron chi connectivity index (χ3n) is 4.99. The lowest BCUT2D eigenvalue weighted by Crippen LogP contribution is -2.10. The molecular formula is C25H25N3O4. The van der Waals surface area contributed by atoms with Gasteiger partial charge in [-0.1, -0.05) is 6.07 Å². The Kier molecular flexibility index (Phi) is 6.09. The first-order chi connectivity index (χ1) is 15.4. The first-order valence-corrected chi connectivity index (χ1v) is 10.3. The van der Waals surface area contributed by atoms with Crippen LogP contribution in [-0.4, -0.2) is 28.3 Å². The normalized spacial score (nSPS) is 10.9. The van der Waals surface area contributed by atoms with E-state index in [2.05, 4.69) is 21.4 Å². The molecule has 0 aliphatic heterocycles. The second-order valence-electron chi connectivity index (χ2n) is 7.71. The van der Waals surface area contributed by atoms with Crippen LogP contribution in [0.25, 0.3) is 22.5 Å². The smallest absolute Gasteiger partial charge is 0.299 e. The van der Waals surface area contributed by atoms with Gasteiger partial charge in [0.1, 0.15) is 12.4 Å². The van der Waals surface area contributed by atoms with Gasteiger partial charge in [-0.25, -0.2) is 4.98 Å². The van der Waals surface area contributed by atoms with Crippen molar-refractivity contribution < 1.29 is 14.3 Å². The van der Waals surface area contributed by atoms with Gasteiger partial charge in [0, 0.05) is 17.4 Å². The molecule has 2 aromatic carbocycles. The fourth-order valence-electron chi connectivity index (χ4n) is 3.70. The summed E-state index contributed by atoms with van der Waals surface area (Å²) in [4.78, 5) is 19.6. The zero-order valence-electron chi connectivity index (χ0n) is 18.2. The average Bonchev–Trinajstić information content (AvgIpc) is 3.20. The van der Waals surface area contributed by atoms with Crippen molar-refractivity contribution in [1.82, 2.24) is 9.97 Å². The summed E-state index contributed by atoms with van der Waals surface area (Å²) in [5, 5.41) is 12.3. The lowest BCUT2D eigenvalue weighted by atomic mass is 9.99. The van der Waals surface area contributed by atoms with Crippen LogP contribution in [0.2, 0.25) is 0 Å². The molecule has 7 nitrogen and oxygen atoms in total. The first-order valence-electron chi connectivity index (χ1n) is 10.3. The van der Waals surface area contributed by atoms with Crippen LogP contribution in [0.4, 0.5) is 11.7 Å². The number of H-pyrrole nitrogens is 1.